The zero-order valence-electron chi connectivity index (χ0n) is 12.9. The number of hydrogen-bond donors (Lipinski definition) is 2. The minimum absolute atomic E-state index is 0.398. The Kier molecular flexibility index (Phi) is 5.54. The second kappa shape index (κ2) is 7.60. The van der Waals surface area contributed by atoms with Gasteiger partial charge in [-0.15, -0.1) is 6.58 Å². The molecule has 0 saturated heterocycles. The molecule has 0 amide bonds. The SMILES string of the molecule is C=CCNc1cc(Nc2cc(C(=O)OC)ccc2Cl)nc(C)n1. The van der Waals surface area contributed by atoms with Crippen molar-refractivity contribution in [2.75, 3.05) is 24.3 Å². The van der Waals surface area contributed by atoms with E-state index in [1.165, 1.54) is 7.11 Å². The fraction of sp³-hybridized carbons (Fsp3) is 0.188. The Morgan fingerprint density at radius 2 is 2.09 bits per heavy atom. The van der Waals surface area contributed by atoms with Crippen molar-refractivity contribution in [2.24, 2.45) is 0 Å². The lowest BCUT2D eigenvalue weighted by atomic mass is 10.2. The largest absolute Gasteiger partial charge is 0.465 e. The number of aromatic nitrogens is 2. The monoisotopic (exact) mass is 332 g/mol. The predicted molar refractivity (Wildman–Crippen MR) is 91.5 cm³/mol. The van der Waals surface area contributed by atoms with E-state index in [9.17, 15) is 4.79 Å². The van der Waals surface area contributed by atoms with Gasteiger partial charge in [0.25, 0.3) is 0 Å². The summed E-state index contributed by atoms with van der Waals surface area (Å²) in [6, 6.07) is 6.59. The first-order valence-electron chi connectivity index (χ1n) is 6.89. The molecule has 2 aromatic rings. The Morgan fingerprint density at radius 3 is 2.78 bits per heavy atom. The number of halogens is 1. The molecule has 0 spiro atoms. The van der Waals surface area contributed by atoms with Crippen molar-refractivity contribution in [3.63, 3.8) is 0 Å². The second-order valence-electron chi connectivity index (χ2n) is 4.67. The van der Waals surface area contributed by atoms with Gasteiger partial charge in [-0.2, -0.15) is 0 Å². The summed E-state index contributed by atoms with van der Waals surface area (Å²) in [5.74, 6) is 1.40. The first-order valence-corrected chi connectivity index (χ1v) is 7.26. The van der Waals surface area contributed by atoms with Gasteiger partial charge in [-0.25, -0.2) is 14.8 Å². The third-order valence-corrected chi connectivity index (χ3v) is 3.25. The molecule has 1 aromatic heterocycles. The van der Waals surface area contributed by atoms with Crippen LogP contribution in [0.15, 0.2) is 36.9 Å². The fourth-order valence-electron chi connectivity index (χ4n) is 1.90. The summed E-state index contributed by atoms with van der Waals surface area (Å²) in [5, 5.41) is 6.66. The fourth-order valence-corrected chi connectivity index (χ4v) is 2.07. The van der Waals surface area contributed by atoms with Crippen LogP contribution in [0.2, 0.25) is 5.02 Å². The second-order valence-corrected chi connectivity index (χ2v) is 5.07. The van der Waals surface area contributed by atoms with Gasteiger partial charge in [0.1, 0.15) is 17.5 Å². The minimum atomic E-state index is -0.433. The normalized spacial score (nSPS) is 10.0. The molecule has 0 aliphatic rings. The summed E-state index contributed by atoms with van der Waals surface area (Å²) in [7, 11) is 1.33. The van der Waals surface area contributed by atoms with Crippen molar-refractivity contribution in [1.82, 2.24) is 9.97 Å². The van der Waals surface area contributed by atoms with Crippen molar-refractivity contribution in [3.8, 4) is 0 Å². The van der Waals surface area contributed by atoms with Crippen LogP contribution in [0.1, 0.15) is 16.2 Å². The van der Waals surface area contributed by atoms with E-state index in [1.54, 1.807) is 37.3 Å². The molecular weight excluding hydrogens is 316 g/mol. The average molecular weight is 333 g/mol. The summed E-state index contributed by atoms with van der Waals surface area (Å²) < 4.78 is 4.71. The molecule has 0 bridgehead atoms. The maximum absolute atomic E-state index is 11.6. The lowest BCUT2D eigenvalue weighted by molar-refractivity contribution is 0.0601. The van der Waals surface area contributed by atoms with Gasteiger partial charge in [-0.05, 0) is 25.1 Å². The molecule has 0 aliphatic carbocycles. The quantitative estimate of drug-likeness (QED) is 0.622. The highest BCUT2D eigenvalue weighted by molar-refractivity contribution is 6.33. The van der Waals surface area contributed by atoms with E-state index in [-0.39, 0.29) is 0 Å². The molecule has 2 rings (SSSR count). The number of rotatable bonds is 6. The first-order chi connectivity index (χ1) is 11.0. The van der Waals surface area contributed by atoms with Gasteiger partial charge in [0.05, 0.1) is 23.4 Å². The molecule has 7 heteroatoms. The smallest absolute Gasteiger partial charge is 0.337 e. The van der Waals surface area contributed by atoms with Gasteiger partial charge in [0.2, 0.25) is 0 Å². The van der Waals surface area contributed by atoms with E-state index in [0.29, 0.717) is 40.3 Å². The van der Waals surface area contributed by atoms with Crippen LogP contribution in [0.3, 0.4) is 0 Å². The maximum Gasteiger partial charge on any atom is 0.337 e. The van der Waals surface area contributed by atoms with E-state index >= 15 is 0 Å². The van der Waals surface area contributed by atoms with Crippen molar-refractivity contribution in [3.05, 3.63) is 53.3 Å². The molecule has 6 nitrogen and oxygen atoms in total. The number of esters is 1. The molecule has 0 fully saturated rings. The van der Waals surface area contributed by atoms with Crippen LogP contribution < -0.4 is 10.6 Å². The van der Waals surface area contributed by atoms with Gasteiger partial charge >= 0.3 is 5.97 Å². The number of methoxy groups -OCH3 is 1. The number of ether oxygens (including phenoxy) is 1. The van der Waals surface area contributed by atoms with Crippen molar-refractivity contribution in [2.45, 2.75) is 6.92 Å². The zero-order valence-corrected chi connectivity index (χ0v) is 13.6. The van der Waals surface area contributed by atoms with Gasteiger partial charge < -0.3 is 15.4 Å². The van der Waals surface area contributed by atoms with Gasteiger partial charge in [-0.1, -0.05) is 17.7 Å². The Balaban J connectivity index is 2.29. The van der Waals surface area contributed by atoms with Crippen molar-refractivity contribution < 1.29 is 9.53 Å². The molecule has 0 unspecified atom stereocenters. The number of carbonyl (C=O) groups excluding carboxylic acids is 1. The molecule has 1 aromatic carbocycles. The summed E-state index contributed by atoms with van der Waals surface area (Å²) in [5.41, 5.74) is 0.956. The average Bonchev–Trinajstić information content (AvgIpc) is 2.53. The van der Waals surface area contributed by atoms with Crippen LogP contribution in [0.5, 0.6) is 0 Å². The zero-order chi connectivity index (χ0) is 16.8. The molecular formula is C16H17ClN4O2. The summed E-state index contributed by atoms with van der Waals surface area (Å²) >= 11 is 6.17. The summed E-state index contributed by atoms with van der Waals surface area (Å²) in [6.07, 6.45) is 1.74. The number of aryl methyl sites for hydroxylation is 1. The number of nitrogens with zero attached hydrogens (tertiary/aromatic N) is 2. The molecule has 0 aliphatic heterocycles. The van der Waals surface area contributed by atoms with E-state index < -0.39 is 5.97 Å². The third kappa shape index (κ3) is 4.43. The Labute approximate surface area is 139 Å². The lowest BCUT2D eigenvalue weighted by Gasteiger charge is -2.11. The predicted octanol–water partition coefficient (Wildman–Crippen LogP) is 3.57. The van der Waals surface area contributed by atoms with Crippen LogP contribution in [-0.2, 0) is 4.74 Å². The number of hydrogen-bond acceptors (Lipinski definition) is 6. The topological polar surface area (TPSA) is 76.1 Å². The third-order valence-electron chi connectivity index (χ3n) is 2.92. The van der Waals surface area contributed by atoms with Crippen molar-refractivity contribution in [1.29, 1.82) is 0 Å². The highest BCUT2D eigenvalue weighted by Crippen LogP contribution is 2.27. The highest BCUT2D eigenvalue weighted by atomic mass is 35.5. The maximum atomic E-state index is 11.6. The molecule has 2 N–H and O–H groups in total. The number of benzene rings is 1. The number of carbonyl (C=O) groups is 1. The molecule has 0 saturated carbocycles. The van der Waals surface area contributed by atoms with E-state index in [2.05, 4.69) is 27.2 Å². The van der Waals surface area contributed by atoms with E-state index in [1.807, 2.05) is 0 Å². The van der Waals surface area contributed by atoms with E-state index in [4.69, 9.17) is 16.3 Å². The van der Waals surface area contributed by atoms with Crippen molar-refractivity contribution >= 4 is 34.9 Å². The van der Waals surface area contributed by atoms with Gasteiger partial charge in [0.15, 0.2) is 0 Å². The Bertz CT molecular complexity index is 734. The number of nitrogens with one attached hydrogen (secondary N) is 2. The van der Waals surface area contributed by atoms with Crippen LogP contribution in [0.25, 0.3) is 0 Å². The standard InChI is InChI=1S/C16H17ClN4O2/c1-4-7-18-14-9-15(20-10(2)19-14)21-13-8-11(16(22)23-3)5-6-12(13)17/h4-6,8-9H,1,7H2,2-3H3,(H2,18,19,20,21). The van der Waals surface area contributed by atoms with E-state index in [0.717, 1.165) is 0 Å². The summed E-state index contributed by atoms with van der Waals surface area (Å²) in [6.45, 7) is 6.03. The highest BCUT2D eigenvalue weighted by Gasteiger charge is 2.10. The lowest BCUT2D eigenvalue weighted by Crippen LogP contribution is -2.06. The van der Waals surface area contributed by atoms with Crippen LogP contribution in [-0.4, -0.2) is 29.6 Å². The van der Waals surface area contributed by atoms with Gasteiger partial charge in [-0.3, -0.25) is 0 Å². The number of anilines is 3. The molecule has 0 radical (unpaired) electrons. The Hall–Kier alpha value is -2.60. The molecule has 120 valence electrons. The van der Waals surface area contributed by atoms with Crippen LogP contribution in [0, 0.1) is 6.92 Å². The minimum Gasteiger partial charge on any atom is -0.465 e. The molecule has 23 heavy (non-hydrogen) atoms. The first kappa shape index (κ1) is 16.8. The van der Waals surface area contributed by atoms with Gasteiger partial charge in [0, 0.05) is 12.6 Å². The van der Waals surface area contributed by atoms with Crippen LogP contribution in [0.4, 0.5) is 17.3 Å². The molecule has 0 atom stereocenters. The Morgan fingerprint density at radius 1 is 1.35 bits per heavy atom. The van der Waals surface area contributed by atoms with Crippen LogP contribution >= 0.6 is 11.6 Å². The summed E-state index contributed by atoms with van der Waals surface area (Å²) in [4.78, 5) is 20.2. The molecule has 1 heterocycles.